The summed E-state index contributed by atoms with van der Waals surface area (Å²) in [5.41, 5.74) is 1.11. The molecule has 82 valence electrons. The van der Waals surface area contributed by atoms with Crippen LogP contribution in [0.1, 0.15) is 18.5 Å². The average Bonchev–Trinajstić information content (AvgIpc) is 2.18. The van der Waals surface area contributed by atoms with E-state index in [2.05, 4.69) is 21.2 Å². The Kier molecular flexibility index (Phi) is 5.19. The van der Waals surface area contributed by atoms with Crippen LogP contribution in [0.2, 0.25) is 0 Å². The highest BCUT2D eigenvalue weighted by molar-refractivity contribution is 9.10. The van der Waals surface area contributed by atoms with Gasteiger partial charge in [-0.05, 0) is 30.9 Å². The van der Waals surface area contributed by atoms with Crippen LogP contribution in [-0.2, 0) is 4.79 Å². The van der Waals surface area contributed by atoms with E-state index in [1.54, 1.807) is 0 Å². The van der Waals surface area contributed by atoms with Gasteiger partial charge in [-0.3, -0.25) is 4.79 Å². The zero-order chi connectivity index (χ0) is 11.3. The molecule has 0 radical (unpaired) electrons. The van der Waals surface area contributed by atoms with Gasteiger partial charge < -0.3 is 5.32 Å². The lowest BCUT2D eigenvalue weighted by molar-refractivity contribution is -0.119. The summed E-state index contributed by atoms with van der Waals surface area (Å²) in [6.45, 7) is 1.99. The lowest BCUT2D eigenvalue weighted by Crippen LogP contribution is -2.28. The fraction of sp³-hybridized carbons (Fsp3) is 0.364. The molecule has 1 atom stereocenters. The molecule has 1 N–H and O–H groups in total. The molecule has 0 saturated carbocycles. The monoisotopic (exact) mass is 287 g/mol. The molecule has 15 heavy (non-hydrogen) atoms. The zero-order valence-electron chi connectivity index (χ0n) is 8.79. The van der Waals surface area contributed by atoms with E-state index < -0.39 is 0 Å². The zero-order valence-corrected chi connectivity index (χ0v) is 11.2. The Morgan fingerprint density at radius 3 is 2.93 bits per heavy atom. The molecule has 0 heterocycles. The average molecular weight is 288 g/mol. The molecule has 1 aromatic carbocycles. The number of hydrogen-bond acceptors (Lipinski definition) is 2. The van der Waals surface area contributed by atoms with Gasteiger partial charge in [0.25, 0.3) is 0 Å². The van der Waals surface area contributed by atoms with Crippen LogP contribution in [0.5, 0.6) is 0 Å². The predicted molar refractivity (Wildman–Crippen MR) is 69.1 cm³/mol. The minimum Gasteiger partial charge on any atom is -0.349 e. The van der Waals surface area contributed by atoms with Crippen molar-refractivity contribution in [2.45, 2.75) is 13.0 Å². The van der Waals surface area contributed by atoms with Crippen LogP contribution in [0.25, 0.3) is 0 Å². The molecule has 0 fully saturated rings. The first kappa shape index (κ1) is 12.6. The second kappa shape index (κ2) is 6.18. The fourth-order valence-corrected chi connectivity index (χ4v) is 2.04. The smallest absolute Gasteiger partial charge is 0.230 e. The molecule has 1 amide bonds. The summed E-state index contributed by atoms with van der Waals surface area (Å²) in [5.74, 6) is 0.591. The maximum Gasteiger partial charge on any atom is 0.230 e. The molecule has 0 aliphatic heterocycles. The standard InChI is InChI=1S/C11H14BrNOS/c1-8(13-11(14)7-15-2)9-4-3-5-10(12)6-9/h3-6,8H,7H2,1-2H3,(H,13,14). The lowest BCUT2D eigenvalue weighted by atomic mass is 10.1. The first-order valence-electron chi connectivity index (χ1n) is 4.67. The summed E-state index contributed by atoms with van der Waals surface area (Å²) in [5, 5.41) is 2.94. The van der Waals surface area contributed by atoms with Crippen LogP contribution < -0.4 is 5.32 Å². The molecule has 0 spiro atoms. The highest BCUT2D eigenvalue weighted by Crippen LogP contribution is 2.17. The SMILES string of the molecule is CSCC(=O)NC(C)c1cccc(Br)c1. The normalized spacial score (nSPS) is 12.2. The molecular formula is C11H14BrNOS. The van der Waals surface area contributed by atoms with Crippen LogP contribution >= 0.6 is 27.7 Å². The second-order valence-electron chi connectivity index (χ2n) is 3.28. The van der Waals surface area contributed by atoms with Crippen molar-refractivity contribution in [3.05, 3.63) is 34.3 Å². The van der Waals surface area contributed by atoms with Gasteiger partial charge in [-0.25, -0.2) is 0 Å². The van der Waals surface area contributed by atoms with Crippen molar-refractivity contribution in [3.8, 4) is 0 Å². The van der Waals surface area contributed by atoms with E-state index >= 15 is 0 Å². The number of rotatable bonds is 4. The van der Waals surface area contributed by atoms with Gasteiger partial charge in [0.1, 0.15) is 0 Å². The molecule has 2 nitrogen and oxygen atoms in total. The highest BCUT2D eigenvalue weighted by atomic mass is 79.9. The molecule has 0 bridgehead atoms. The third-order valence-corrected chi connectivity index (χ3v) is 3.05. The number of nitrogens with one attached hydrogen (secondary N) is 1. The summed E-state index contributed by atoms with van der Waals surface area (Å²) >= 11 is 4.94. The summed E-state index contributed by atoms with van der Waals surface area (Å²) in [7, 11) is 0. The number of carbonyl (C=O) groups is 1. The van der Waals surface area contributed by atoms with Crippen molar-refractivity contribution in [2.75, 3.05) is 12.0 Å². The number of halogens is 1. The maximum atomic E-state index is 11.4. The van der Waals surface area contributed by atoms with Gasteiger partial charge in [0.2, 0.25) is 5.91 Å². The second-order valence-corrected chi connectivity index (χ2v) is 5.06. The molecular weight excluding hydrogens is 274 g/mol. The first-order valence-corrected chi connectivity index (χ1v) is 6.86. The minimum atomic E-state index is 0.0575. The first-order chi connectivity index (χ1) is 7.13. The minimum absolute atomic E-state index is 0.0575. The third kappa shape index (κ3) is 4.26. The van der Waals surface area contributed by atoms with Crippen LogP contribution in [0.15, 0.2) is 28.7 Å². The number of carbonyl (C=O) groups excluding carboxylic acids is 1. The quantitative estimate of drug-likeness (QED) is 0.923. The van der Waals surface area contributed by atoms with Gasteiger partial charge in [-0.1, -0.05) is 28.1 Å². The number of thioether (sulfide) groups is 1. The van der Waals surface area contributed by atoms with Crippen molar-refractivity contribution in [2.24, 2.45) is 0 Å². The van der Waals surface area contributed by atoms with E-state index in [4.69, 9.17) is 0 Å². The maximum absolute atomic E-state index is 11.4. The third-order valence-electron chi connectivity index (χ3n) is 2.00. The molecule has 0 aromatic heterocycles. The Morgan fingerprint density at radius 2 is 2.33 bits per heavy atom. The van der Waals surface area contributed by atoms with E-state index in [0.29, 0.717) is 5.75 Å². The Bertz CT molecular complexity index is 343. The van der Waals surface area contributed by atoms with Gasteiger partial charge in [-0.2, -0.15) is 11.8 Å². The summed E-state index contributed by atoms with van der Waals surface area (Å²) < 4.78 is 1.03. The largest absolute Gasteiger partial charge is 0.349 e. The summed E-state index contributed by atoms with van der Waals surface area (Å²) in [6, 6.07) is 8.03. The molecule has 0 saturated heterocycles. The van der Waals surface area contributed by atoms with Crippen molar-refractivity contribution >= 4 is 33.6 Å². The van der Waals surface area contributed by atoms with Crippen LogP contribution in [0.4, 0.5) is 0 Å². The van der Waals surface area contributed by atoms with Gasteiger partial charge in [-0.15, -0.1) is 0 Å². The topological polar surface area (TPSA) is 29.1 Å². The van der Waals surface area contributed by atoms with Crippen molar-refractivity contribution in [1.29, 1.82) is 0 Å². The van der Waals surface area contributed by atoms with E-state index in [-0.39, 0.29) is 11.9 Å². The Hall–Kier alpha value is -0.480. The van der Waals surface area contributed by atoms with Gasteiger partial charge in [0.15, 0.2) is 0 Å². The molecule has 0 aliphatic carbocycles. The van der Waals surface area contributed by atoms with Crippen LogP contribution in [0, 0.1) is 0 Å². The van der Waals surface area contributed by atoms with Gasteiger partial charge >= 0.3 is 0 Å². The number of benzene rings is 1. The lowest BCUT2D eigenvalue weighted by Gasteiger charge is -2.14. The van der Waals surface area contributed by atoms with Crippen molar-refractivity contribution in [3.63, 3.8) is 0 Å². The Balaban J connectivity index is 2.60. The summed E-state index contributed by atoms with van der Waals surface area (Å²) in [4.78, 5) is 11.4. The summed E-state index contributed by atoms with van der Waals surface area (Å²) in [6.07, 6.45) is 1.92. The molecule has 1 unspecified atom stereocenters. The Morgan fingerprint density at radius 1 is 1.60 bits per heavy atom. The molecule has 1 aromatic rings. The molecule has 4 heteroatoms. The highest BCUT2D eigenvalue weighted by Gasteiger charge is 2.08. The van der Waals surface area contributed by atoms with Gasteiger partial charge in [0, 0.05) is 4.47 Å². The van der Waals surface area contributed by atoms with Crippen molar-refractivity contribution in [1.82, 2.24) is 5.32 Å². The Labute approximate surface area is 103 Å². The van der Waals surface area contributed by atoms with E-state index in [1.165, 1.54) is 11.8 Å². The van der Waals surface area contributed by atoms with Crippen LogP contribution in [-0.4, -0.2) is 17.9 Å². The predicted octanol–water partition coefficient (Wildman–Crippen LogP) is 2.99. The van der Waals surface area contributed by atoms with E-state index in [9.17, 15) is 4.79 Å². The molecule has 0 aliphatic rings. The van der Waals surface area contributed by atoms with E-state index in [1.807, 2.05) is 37.4 Å². The number of hydrogen-bond donors (Lipinski definition) is 1. The van der Waals surface area contributed by atoms with Crippen LogP contribution in [0.3, 0.4) is 0 Å². The van der Waals surface area contributed by atoms with Crippen molar-refractivity contribution < 1.29 is 4.79 Å². The fourth-order valence-electron chi connectivity index (χ4n) is 1.27. The number of amides is 1. The molecule has 1 rings (SSSR count). The van der Waals surface area contributed by atoms with E-state index in [0.717, 1.165) is 10.0 Å². The van der Waals surface area contributed by atoms with Gasteiger partial charge in [0.05, 0.1) is 11.8 Å².